The fraction of sp³-hybridized carbons (Fsp3) is 0.571. The van der Waals surface area contributed by atoms with Crippen molar-refractivity contribution >= 4 is 29.9 Å². The zero-order valence-corrected chi connectivity index (χ0v) is 20.6. The average Bonchev–Trinajstić information content (AvgIpc) is 3.05. The molecule has 29 heavy (non-hydrogen) atoms. The van der Waals surface area contributed by atoms with Gasteiger partial charge in [0.2, 0.25) is 0 Å². The first-order valence-corrected chi connectivity index (χ1v) is 9.97. The Bertz CT molecular complexity index is 743. The number of benzene rings is 1. The summed E-state index contributed by atoms with van der Waals surface area (Å²) in [4.78, 5) is 4.72. The van der Waals surface area contributed by atoms with Crippen molar-refractivity contribution in [1.29, 1.82) is 0 Å². The molecule has 2 aromatic rings. The maximum absolute atomic E-state index is 5.16. The summed E-state index contributed by atoms with van der Waals surface area (Å²) in [6.07, 6.45) is 2.10. The molecule has 0 atom stereocenters. The number of rotatable bonds is 10. The summed E-state index contributed by atoms with van der Waals surface area (Å²) in [6, 6.07) is 10.7. The fourth-order valence-corrected chi connectivity index (χ4v) is 3.24. The van der Waals surface area contributed by atoms with Gasteiger partial charge in [0.15, 0.2) is 11.8 Å². The van der Waals surface area contributed by atoms with Gasteiger partial charge in [-0.05, 0) is 25.3 Å². The minimum atomic E-state index is 0. The number of aromatic nitrogens is 3. The third kappa shape index (κ3) is 6.95. The van der Waals surface area contributed by atoms with Crippen LogP contribution in [0.2, 0.25) is 0 Å². The van der Waals surface area contributed by atoms with Gasteiger partial charge >= 0.3 is 0 Å². The van der Waals surface area contributed by atoms with Crippen molar-refractivity contribution in [3.05, 3.63) is 47.5 Å². The van der Waals surface area contributed by atoms with Crippen LogP contribution in [-0.4, -0.2) is 47.5 Å². The van der Waals surface area contributed by atoms with E-state index in [4.69, 9.17) is 9.73 Å². The van der Waals surface area contributed by atoms with E-state index < -0.39 is 0 Å². The van der Waals surface area contributed by atoms with E-state index in [1.54, 1.807) is 7.11 Å². The van der Waals surface area contributed by atoms with Crippen LogP contribution in [0.1, 0.15) is 43.9 Å². The van der Waals surface area contributed by atoms with Gasteiger partial charge in [-0.2, -0.15) is 0 Å². The zero-order valence-electron chi connectivity index (χ0n) is 18.2. The zero-order chi connectivity index (χ0) is 20.4. The number of aliphatic imine (C=N–C) groups is 1. The van der Waals surface area contributed by atoms with Crippen LogP contribution in [0, 0.1) is 6.92 Å². The lowest BCUT2D eigenvalue weighted by molar-refractivity contribution is 0.203. The highest BCUT2D eigenvalue weighted by Gasteiger charge is 2.28. The first kappa shape index (κ1) is 25.4. The van der Waals surface area contributed by atoms with Gasteiger partial charge in [0.25, 0.3) is 0 Å². The van der Waals surface area contributed by atoms with Gasteiger partial charge in [0.1, 0.15) is 12.4 Å². The quantitative estimate of drug-likeness (QED) is 0.221. The number of hydrogen-bond acceptors (Lipinski definition) is 4. The lowest BCUT2D eigenvalue weighted by Crippen LogP contribution is -2.46. The summed E-state index contributed by atoms with van der Waals surface area (Å²) in [5.41, 5.74) is 1.42. The van der Waals surface area contributed by atoms with E-state index in [1.807, 2.05) is 18.5 Å². The average molecular weight is 514 g/mol. The molecule has 0 aliphatic rings. The molecule has 0 spiro atoms. The Hall–Kier alpha value is -1.68. The normalized spacial score (nSPS) is 11.8. The number of halogens is 1. The molecule has 0 unspecified atom stereocenters. The van der Waals surface area contributed by atoms with E-state index in [0.29, 0.717) is 19.7 Å². The summed E-state index contributed by atoms with van der Waals surface area (Å²) in [6.45, 7) is 9.01. The predicted octanol–water partition coefficient (Wildman–Crippen LogP) is 3.18. The molecule has 0 fully saturated rings. The van der Waals surface area contributed by atoms with Crippen molar-refractivity contribution in [2.45, 2.75) is 45.6 Å². The van der Waals surface area contributed by atoms with Gasteiger partial charge in [-0.15, -0.1) is 34.2 Å². The van der Waals surface area contributed by atoms with Crippen LogP contribution in [0.4, 0.5) is 0 Å². The summed E-state index contributed by atoms with van der Waals surface area (Å²) in [5.74, 6) is 2.48. The molecule has 0 bridgehead atoms. The number of guanidine groups is 1. The first-order chi connectivity index (χ1) is 13.6. The van der Waals surface area contributed by atoms with Crippen LogP contribution in [0.15, 0.2) is 35.3 Å². The minimum absolute atomic E-state index is 0. The third-order valence-electron chi connectivity index (χ3n) is 5.49. The molecule has 0 aliphatic carbocycles. The van der Waals surface area contributed by atoms with Crippen molar-refractivity contribution in [3.63, 3.8) is 0 Å². The van der Waals surface area contributed by atoms with Crippen LogP contribution in [-0.2, 0) is 23.7 Å². The third-order valence-corrected chi connectivity index (χ3v) is 5.49. The van der Waals surface area contributed by atoms with Crippen LogP contribution >= 0.6 is 24.0 Å². The van der Waals surface area contributed by atoms with Crippen molar-refractivity contribution in [3.8, 4) is 0 Å². The highest BCUT2D eigenvalue weighted by Crippen LogP contribution is 2.30. The molecule has 0 amide bonds. The Balaban J connectivity index is 0.00000420. The maximum Gasteiger partial charge on any atom is 0.191 e. The molecular formula is C21H35IN6O. The number of nitrogens with zero attached hydrogens (tertiary/aromatic N) is 4. The second-order valence-electron chi connectivity index (χ2n) is 7.01. The summed E-state index contributed by atoms with van der Waals surface area (Å²) in [5, 5.41) is 15.2. The molecule has 162 valence electrons. The molecule has 0 saturated carbocycles. The maximum atomic E-state index is 5.16. The number of hydrogen-bond donors (Lipinski definition) is 2. The van der Waals surface area contributed by atoms with Gasteiger partial charge in [0, 0.05) is 32.7 Å². The monoisotopic (exact) mass is 514 g/mol. The van der Waals surface area contributed by atoms with Crippen molar-refractivity contribution in [2.24, 2.45) is 12.0 Å². The SMILES string of the molecule is CCC(CC)(CNC(=NCc1nnc(C)n1C)NCCOC)c1ccccc1.I. The summed E-state index contributed by atoms with van der Waals surface area (Å²) in [7, 11) is 3.66. The second kappa shape index (κ2) is 12.8. The van der Waals surface area contributed by atoms with Crippen molar-refractivity contribution < 1.29 is 4.74 Å². The van der Waals surface area contributed by atoms with Crippen molar-refractivity contribution in [2.75, 3.05) is 26.8 Å². The molecule has 2 rings (SSSR count). The van der Waals surface area contributed by atoms with Crippen molar-refractivity contribution in [1.82, 2.24) is 25.4 Å². The largest absolute Gasteiger partial charge is 0.383 e. The predicted molar refractivity (Wildman–Crippen MR) is 129 cm³/mol. The highest BCUT2D eigenvalue weighted by atomic mass is 127. The van der Waals surface area contributed by atoms with E-state index >= 15 is 0 Å². The number of aryl methyl sites for hydroxylation is 1. The fourth-order valence-electron chi connectivity index (χ4n) is 3.24. The molecule has 0 aliphatic heterocycles. The molecule has 2 N–H and O–H groups in total. The molecule has 8 heteroatoms. The van der Waals surface area contributed by atoms with Gasteiger partial charge in [-0.25, -0.2) is 4.99 Å². The molecule has 7 nitrogen and oxygen atoms in total. The smallest absolute Gasteiger partial charge is 0.191 e. The second-order valence-corrected chi connectivity index (χ2v) is 7.01. The molecular weight excluding hydrogens is 479 g/mol. The molecule has 0 saturated heterocycles. The van der Waals surface area contributed by atoms with Gasteiger partial charge < -0.3 is 19.9 Å². The van der Waals surface area contributed by atoms with E-state index in [9.17, 15) is 0 Å². The highest BCUT2D eigenvalue weighted by molar-refractivity contribution is 14.0. The number of ether oxygens (including phenoxy) is 1. The van der Waals surface area contributed by atoms with Gasteiger partial charge in [-0.3, -0.25) is 0 Å². The Morgan fingerprint density at radius 1 is 1.14 bits per heavy atom. The van der Waals surface area contributed by atoms with E-state index in [1.165, 1.54) is 5.56 Å². The Kier molecular flexibility index (Phi) is 11.2. The Labute approximate surface area is 191 Å². The topological polar surface area (TPSA) is 76.4 Å². The first-order valence-electron chi connectivity index (χ1n) is 9.97. The number of methoxy groups -OCH3 is 1. The molecule has 1 aromatic carbocycles. The minimum Gasteiger partial charge on any atom is -0.383 e. The molecule has 1 aromatic heterocycles. The van der Waals surface area contributed by atoms with Crippen LogP contribution in [0.5, 0.6) is 0 Å². The van der Waals surface area contributed by atoms with Crippen LogP contribution in [0.3, 0.4) is 0 Å². The summed E-state index contributed by atoms with van der Waals surface area (Å²) < 4.78 is 7.12. The summed E-state index contributed by atoms with van der Waals surface area (Å²) >= 11 is 0. The number of nitrogens with one attached hydrogen (secondary N) is 2. The van der Waals surface area contributed by atoms with Crippen LogP contribution < -0.4 is 10.6 Å². The van der Waals surface area contributed by atoms with Gasteiger partial charge in [0.05, 0.1) is 6.61 Å². The van der Waals surface area contributed by atoms with Crippen LogP contribution in [0.25, 0.3) is 0 Å². The Morgan fingerprint density at radius 2 is 1.83 bits per heavy atom. The van der Waals surface area contributed by atoms with Gasteiger partial charge in [-0.1, -0.05) is 44.2 Å². The lowest BCUT2D eigenvalue weighted by atomic mass is 9.76. The Morgan fingerprint density at radius 3 is 2.38 bits per heavy atom. The van der Waals surface area contributed by atoms with E-state index in [-0.39, 0.29) is 29.4 Å². The molecule has 1 heterocycles. The van der Waals surface area contributed by atoms with E-state index in [2.05, 4.69) is 65.0 Å². The standard InChI is InChI=1S/C21H34N6O.HI/c1-6-21(7-2,18-11-9-8-10-12-18)16-24-20(22-13-14-28-5)23-15-19-26-25-17(3)27(19)4;/h8-12H,6-7,13-16H2,1-5H3,(H2,22,23,24);1H. The lowest BCUT2D eigenvalue weighted by Gasteiger charge is -2.33. The molecule has 0 radical (unpaired) electrons. The van der Waals surface area contributed by atoms with E-state index in [0.717, 1.165) is 37.0 Å².